The molecule has 0 aliphatic carbocycles. The fourth-order valence-electron chi connectivity index (χ4n) is 3.65. The minimum atomic E-state index is -0.378. The molecule has 134 valence electrons. The van der Waals surface area contributed by atoms with Crippen molar-refractivity contribution >= 4 is 5.91 Å². The zero-order valence-electron chi connectivity index (χ0n) is 14.7. The molecule has 2 saturated heterocycles. The minimum Gasteiger partial charge on any atom is -0.376 e. The van der Waals surface area contributed by atoms with Gasteiger partial charge >= 0.3 is 0 Å². The lowest BCUT2D eigenvalue weighted by molar-refractivity contribution is -0.150. The molecular formula is C18H29N3O3. The van der Waals surface area contributed by atoms with Gasteiger partial charge in [-0.1, -0.05) is 13.8 Å². The van der Waals surface area contributed by atoms with E-state index in [9.17, 15) is 4.79 Å². The predicted octanol–water partition coefficient (Wildman–Crippen LogP) is 2.34. The molecule has 2 fully saturated rings. The van der Waals surface area contributed by atoms with Crippen molar-refractivity contribution in [2.45, 2.75) is 57.7 Å². The van der Waals surface area contributed by atoms with E-state index < -0.39 is 0 Å². The number of aromatic amines is 1. The molecule has 1 aromatic rings. The Kier molecular flexibility index (Phi) is 5.89. The molecule has 2 aliphatic rings. The lowest BCUT2D eigenvalue weighted by atomic mass is 9.92. The maximum Gasteiger partial charge on any atom is 0.251 e. The van der Waals surface area contributed by atoms with Gasteiger partial charge in [0.1, 0.15) is 6.10 Å². The zero-order chi connectivity index (χ0) is 16.9. The Bertz CT molecular complexity index is 512. The first-order valence-corrected chi connectivity index (χ1v) is 9.16. The zero-order valence-corrected chi connectivity index (χ0v) is 14.7. The Morgan fingerprint density at radius 3 is 3.00 bits per heavy atom. The number of piperidine rings is 1. The molecule has 3 atom stereocenters. The standard InChI is InChI=1S/C18H29N3O3/c1-13(2)17(24-12-16-6-4-8-23-16)18(22)21-7-3-5-14(11-21)15-9-19-20-10-15/h9-10,13-14,16-17H,3-8,11-12H2,1-2H3,(H,19,20)/t14-,16+,17-/m0/s1. The molecule has 0 saturated carbocycles. The number of H-pyrrole nitrogens is 1. The van der Waals surface area contributed by atoms with Gasteiger partial charge in [-0.3, -0.25) is 9.89 Å². The number of aromatic nitrogens is 2. The van der Waals surface area contributed by atoms with Gasteiger partial charge in [0, 0.05) is 31.8 Å². The van der Waals surface area contributed by atoms with Crippen molar-refractivity contribution in [2.75, 3.05) is 26.3 Å². The summed E-state index contributed by atoms with van der Waals surface area (Å²) in [6.07, 6.45) is 7.83. The van der Waals surface area contributed by atoms with E-state index in [1.807, 2.05) is 17.3 Å². The summed E-state index contributed by atoms with van der Waals surface area (Å²) in [4.78, 5) is 15.0. The topological polar surface area (TPSA) is 67.5 Å². The highest BCUT2D eigenvalue weighted by atomic mass is 16.5. The number of hydrogen-bond donors (Lipinski definition) is 1. The van der Waals surface area contributed by atoms with Crippen LogP contribution in [0.5, 0.6) is 0 Å². The molecule has 0 radical (unpaired) electrons. The lowest BCUT2D eigenvalue weighted by Gasteiger charge is -2.35. The van der Waals surface area contributed by atoms with Crippen LogP contribution >= 0.6 is 0 Å². The van der Waals surface area contributed by atoms with Crippen molar-refractivity contribution in [3.8, 4) is 0 Å². The number of nitrogens with zero attached hydrogens (tertiary/aromatic N) is 2. The second kappa shape index (κ2) is 8.12. The van der Waals surface area contributed by atoms with Gasteiger partial charge in [-0.15, -0.1) is 0 Å². The monoisotopic (exact) mass is 335 g/mol. The van der Waals surface area contributed by atoms with Crippen LogP contribution in [0.25, 0.3) is 0 Å². The molecule has 0 aromatic carbocycles. The quantitative estimate of drug-likeness (QED) is 0.866. The SMILES string of the molecule is CC(C)[C@H](OC[C@H]1CCCO1)C(=O)N1CCC[C@H](c2cn[nH]c2)C1. The molecular weight excluding hydrogens is 306 g/mol. The highest BCUT2D eigenvalue weighted by Crippen LogP contribution is 2.27. The number of nitrogens with one attached hydrogen (secondary N) is 1. The first-order valence-electron chi connectivity index (χ1n) is 9.16. The van der Waals surface area contributed by atoms with Crippen LogP contribution in [-0.2, 0) is 14.3 Å². The van der Waals surface area contributed by atoms with Gasteiger partial charge in [-0.05, 0) is 37.2 Å². The summed E-state index contributed by atoms with van der Waals surface area (Å²) in [7, 11) is 0. The van der Waals surface area contributed by atoms with Crippen molar-refractivity contribution in [1.82, 2.24) is 15.1 Å². The van der Waals surface area contributed by atoms with Crippen molar-refractivity contribution in [3.63, 3.8) is 0 Å². The summed E-state index contributed by atoms with van der Waals surface area (Å²) in [5.74, 6) is 0.650. The number of carbonyl (C=O) groups is 1. The van der Waals surface area contributed by atoms with Crippen LogP contribution in [0, 0.1) is 5.92 Å². The first kappa shape index (κ1) is 17.4. The van der Waals surface area contributed by atoms with E-state index in [1.165, 1.54) is 5.56 Å². The van der Waals surface area contributed by atoms with Gasteiger partial charge < -0.3 is 14.4 Å². The van der Waals surface area contributed by atoms with E-state index in [0.29, 0.717) is 12.5 Å². The molecule has 6 heteroatoms. The van der Waals surface area contributed by atoms with E-state index in [1.54, 1.807) is 0 Å². The number of carbonyl (C=O) groups excluding carboxylic acids is 1. The van der Waals surface area contributed by atoms with Gasteiger partial charge in [0.15, 0.2) is 0 Å². The molecule has 1 amide bonds. The summed E-state index contributed by atoms with van der Waals surface area (Å²) in [6, 6.07) is 0. The summed E-state index contributed by atoms with van der Waals surface area (Å²) in [5, 5.41) is 6.91. The Hall–Kier alpha value is -1.40. The highest BCUT2D eigenvalue weighted by molar-refractivity contribution is 5.81. The van der Waals surface area contributed by atoms with Crippen molar-refractivity contribution < 1.29 is 14.3 Å². The summed E-state index contributed by atoms with van der Waals surface area (Å²) in [6.45, 7) is 7.01. The molecule has 3 heterocycles. The van der Waals surface area contributed by atoms with Gasteiger partial charge in [0.2, 0.25) is 0 Å². The van der Waals surface area contributed by atoms with Gasteiger partial charge in [-0.25, -0.2) is 0 Å². The molecule has 2 aliphatic heterocycles. The van der Waals surface area contributed by atoms with E-state index >= 15 is 0 Å². The molecule has 6 nitrogen and oxygen atoms in total. The third kappa shape index (κ3) is 4.16. The van der Waals surface area contributed by atoms with Crippen LogP contribution < -0.4 is 0 Å². The maximum absolute atomic E-state index is 13.0. The average molecular weight is 335 g/mol. The molecule has 0 unspecified atom stereocenters. The second-order valence-corrected chi connectivity index (χ2v) is 7.29. The van der Waals surface area contributed by atoms with Crippen LogP contribution in [0.2, 0.25) is 0 Å². The van der Waals surface area contributed by atoms with Crippen LogP contribution in [-0.4, -0.2) is 59.5 Å². The third-order valence-electron chi connectivity index (χ3n) is 5.06. The molecule has 1 N–H and O–H groups in total. The smallest absolute Gasteiger partial charge is 0.251 e. The number of rotatable bonds is 6. The van der Waals surface area contributed by atoms with Gasteiger partial charge in [0.05, 0.1) is 18.9 Å². The average Bonchev–Trinajstić information content (AvgIpc) is 3.28. The van der Waals surface area contributed by atoms with E-state index in [4.69, 9.17) is 9.47 Å². The molecule has 0 bridgehead atoms. The lowest BCUT2D eigenvalue weighted by Crippen LogP contribution is -2.47. The van der Waals surface area contributed by atoms with Crippen molar-refractivity contribution in [2.24, 2.45) is 5.92 Å². The minimum absolute atomic E-state index is 0.121. The number of likely N-dealkylation sites (tertiary alicyclic amines) is 1. The number of amides is 1. The molecule has 1 aromatic heterocycles. The molecule has 3 rings (SSSR count). The van der Waals surface area contributed by atoms with Gasteiger partial charge in [0.25, 0.3) is 5.91 Å². The maximum atomic E-state index is 13.0. The fraction of sp³-hybridized carbons (Fsp3) is 0.778. The third-order valence-corrected chi connectivity index (χ3v) is 5.06. The van der Waals surface area contributed by atoms with Gasteiger partial charge in [-0.2, -0.15) is 5.10 Å². The molecule has 24 heavy (non-hydrogen) atoms. The summed E-state index contributed by atoms with van der Waals surface area (Å²) >= 11 is 0. The fourth-order valence-corrected chi connectivity index (χ4v) is 3.65. The van der Waals surface area contributed by atoms with Crippen LogP contribution in [0.1, 0.15) is 51.0 Å². The summed E-state index contributed by atoms with van der Waals surface area (Å²) in [5.41, 5.74) is 1.19. The van der Waals surface area contributed by atoms with Crippen molar-refractivity contribution in [1.29, 1.82) is 0 Å². The van der Waals surface area contributed by atoms with E-state index in [2.05, 4.69) is 24.0 Å². The van der Waals surface area contributed by atoms with E-state index in [-0.39, 0.29) is 24.0 Å². The number of ether oxygens (including phenoxy) is 2. The van der Waals surface area contributed by atoms with Crippen LogP contribution in [0.3, 0.4) is 0 Å². The summed E-state index contributed by atoms with van der Waals surface area (Å²) < 4.78 is 11.6. The Morgan fingerprint density at radius 1 is 1.46 bits per heavy atom. The molecule has 0 spiro atoms. The van der Waals surface area contributed by atoms with Crippen LogP contribution in [0.15, 0.2) is 12.4 Å². The predicted molar refractivity (Wildman–Crippen MR) is 90.7 cm³/mol. The Labute approximate surface area is 143 Å². The largest absolute Gasteiger partial charge is 0.376 e. The highest BCUT2D eigenvalue weighted by Gasteiger charge is 2.32. The second-order valence-electron chi connectivity index (χ2n) is 7.29. The Morgan fingerprint density at radius 2 is 2.33 bits per heavy atom. The normalized spacial score (nSPS) is 26.0. The van der Waals surface area contributed by atoms with Crippen molar-refractivity contribution in [3.05, 3.63) is 18.0 Å². The van der Waals surface area contributed by atoms with Crippen LogP contribution in [0.4, 0.5) is 0 Å². The first-order chi connectivity index (χ1) is 11.6. The van der Waals surface area contributed by atoms with E-state index in [0.717, 1.165) is 45.4 Å². The Balaban J connectivity index is 1.58. The number of hydrogen-bond acceptors (Lipinski definition) is 4.